The highest BCUT2D eigenvalue weighted by atomic mass is 32.1. The Bertz CT molecular complexity index is 989. The number of nitrogens with one attached hydrogen (secondary N) is 1. The van der Waals surface area contributed by atoms with Crippen LogP contribution in [0.25, 0.3) is 16.9 Å². The first kappa shape index (κ1) is 14.8. The minimum atomic E-state index is 0.0460. The van der Waals surface area contributed by atoms with E-state index in [4.69, 9.17) is 0 Å². The molecule has 4 aromatic rings. The van der Waals surface area contributed by atoms with E-state index in [-0.39, 0.29) is 6.04 Å². The predicted octanol–water partition coefficient (Wildman–Crippen LogP) is 3.75. The minimum absolute atomic E-state index is 0.0460. The topological polar surface area (TPSA) is 68.5 Å². The Balaban J connectivity index is 1.64. The summed E-state index contributed by atoms with van der Waals surface area (Å²) in [5, 5.41) is 6.42. The smallest absolute Gasteiger partial charge is 0.225 e. The summed E-state index contributed by atoms with van der Waals surface area (Å²) in [7, 11) is 0. The SMILES string of the molecule is Cc1nc(C(C)Nc2nccc(-n3cnc4ccccc43)n2)cs1. The van der Waals surface area contributed by atoms with Crippen LogP contribution in [0.2, 0.25) is 0 Å². The quantitative estimate of drug-likeness (QED) is 0.614. The average molecular weight is 336 g/mol. The first-order valence-corrected chi connectivity index (χ1v) is 8.53. The molecule has 0 spiro atoms. The Hall–Kier alpha value is -2.80. The zero-order chi connectivity index (χ0) is 16.5. The molecule has 0 bridgehead atoms. The van der Waals surface area contributed by atoms with Gasteiger partial charge in [0.25, 0.3) is 0 Å². The van der Waals surface area contributed by atoms with Gasteiger partial charge in [-0.2, -0.15) is 4.98 Å². The van der Waals surface area contributed by atoms with Gasteiger partial charge in [-0.25, -0.2) is 15.0 Å². The van der Waals surface area contributed by atoms with Crippen molar-refractivity contribution in [3.63, 3.8) is 0 Å². The number of thiazole rings is 1. The van der Waals surface area contributed by atoms with Gasteiger partial charge in [0.15, 0.2) is 0 Å². The van der Waals surface area contributed by atoms with Gasteiger partial charge in [-0.15, -0.1) is 11.3 Å². The van der Waals surface area contributed by atoms with Crippen LogP contribution in [-0.2, 0) is 0 Å². The van der Waals surface area contributed by atoms with Crippen LogP contribution in [0.4, 0.5) is 5.95 Å². The van der Waals surface area contributed by atoms with Crippen molar-refractivity contribution in [3.05, 3.63) is 58.9 Å². The third-order valence-electron chi connectivity index (χ3n) is 3.77. The second-order valence-electron chi connectivity index (χ2n) is 5.50. The van der Waals surface area contributed by atoms with E-state index in [1.165, 1.54) is 0 Å². The van der Waals surface area contributed by atoms with E-state index in [2.05, 4.69) is 37.6 Å². The largest absolute Gasteiger partial charge is 0.346 e. The van der Waals surface area contributed by atoms with Gasteiger partial charge in [0.2, 0.25) is 5.95 Å². The molecule has 3 heterocycles. The Labute approximate surface area is 143 Å². The molecule has 0 fully saturated rings. The molecule has 0 saturated carbocycles. The minimum Gasteiger partial charge on any atom is -0.346 e. The van der Waals surface area contributed by atoms with Crippen LogP contribution < -0.4 is 5.32 Å². The van der Waals surface area contributed by atoms with Crippen LogP contribution >= 0.6 is 11.3 Å². The predicted molar refractivity (Wildman–Crippen MR) is 95.5 cm³/mol. The summed E-state index contributed by atoms with van der Waals surface area (Å²) in [6, 6.07) is 9.90. The van der Waals surface area contributed by atoms with E-state index in [0.717, 1.165) is 27.6 Å². The van der Waals surface area contributed by atoms with Gasteiger partial charge >= 0.3 is 0 Å². The molecule has 1 atom stereocenters. The number of aryl methyl sites for hydroxylation is 1. The highest BCUT2D eigenvalue weighted by molar-refractivity contribution is 7.09. The fourth-order valence-corrected chi connectivity index (χ4v) is 3.25. The van der Waals surface area contributed by atoms with Gasteiger partial charge in [0.05, 0.1) is 27.8 Å². The van der Waals surface area contributed by atoms with Gasteiger partial charge in [0, 0.05) is 11.6 Å². The molecule has 6 nitrogen and oxygen atoms in total. The molecule has 0 saturated heterocycles. The number of fused-ring (bicyclic) bond motifs is 1. The van der Waals surface area contributed by atoms with Gasteiger partial charge in [-0.05, 0) is 32.0 Å². The van der Waals surface area contributed by atoms with Crippen molar-refractivity contribution >= 4 is 28.3 Å². The summed E-state index contributed by atoms with van der Waals surface area (Å²) in [5.41, 5.74) is 2.96. The lowest BCUT2D eigenvalue weighted by atomic mass is 10.3. The molecule has 1 unspecified atom stereocenters. The van der Waals surface area contributed by atoms with E-state index in [1.54, 1.807) is 23.9 Å². The highest BCUT2D eigenvalue weighted by Gasteiger charge is 2.11. The maximum absolute atomic E-state index is 4.61. The zero-order valence-corrected chi connectivity index (χ0v) is 14.2. The summed E-state index contributed by atoms with van der Waals surface area (Å²) in [6.45, 7) is 4.05. The monoisotopic (exact) mass is 336 g/mol. The first-order chi connectivity index (χ1) is 11.7. The van der Waals surface area contributed by atoms with Crippen LogP contribution in [-0.4, -0.2) is 24.5 Å². The highest BCUT2D eigenvalue weighted by Crippen LogP contribution is 2.20. The van der Waals surface area contributed by atoms with E-state index < -0.39 is 0 Å². The molecule has 0 aliphatic carbocycles. The third-order valence-corrected chi connectivity index (χ3v) is 4.56. The van der Waals surface area contributed by atoms with Crippen LogP contribution in [0.3, 0.4) is 0 Å². The maximum atomic E-state index is 4.61. The number of aromatic nitrogens is 5. The molecule has 0 aliphatic rings. The number of imidazole rings is 1. The number of benzene rings is 1. The first-order valence-electron chi connectivity index (χ1n) is 7.65. The second kappa shape index (κ2) is 6.01. The molecule has 0 radical (unpaired) electrons. The Kier molecular flexibility index (Phi) is 3.70. The second-order valence-corrected chi connectivity index (χ2v) is 6.56. The number of para-hydroxylation sites is 2. The molecule has 0 aliphatic heterocycles. The lowest BCUT2D eigenvalue weighted by Gasteiger charge is -2.12. The van der Waals surface area contributed by atoms with E-state index >= 15 is 0 Å². The fourth-order valence-electron chi connectivity index (χ4n) is 2.54. The lowest BCUT2D eigenvalue weighted by molar-refractivity contribution is 0.823. The number of hydrogen-bond donors (Lipinski definition) is 1. The molecule has 120 valence electrons. The summed E-state index contributed by atoms with van der Waals surface area (Å²) in [4.78, 5) is 17.9. The van der Waals surface area contributed by atoms with E-state index in [9.17, 15) is 0 Å². The maximum Gasteiger partial charge on any atom is 0.225 e. The Morgan fingerprint density at radius 3 is 2.83 bits per heavy atom. The summed E-state index contributed by atoms with van der Waals surface area (Å²) >= 11 is 1.64. The average Bonchev–Trinajstić information content (AvgIpc) is 3.21. The van der Waals surface area contributed by atoms with E-state index in [0.29, 0.717) is 5.95 Å². The molecule has 4 rings (SSSR count). The molecule has 1 aromatic carbocycles. The number of rotatable bonds is 4. The molecular formula is C17H16N6S. The van der Waals surface area contributed by atoms with Gasteiger partial charge < -0.3 is 5.32 Å². The molecular weight excluding hydrogens is 320 g/mol. The molecule has 3 aromatic heterocycles. The summed E-state index contributed by atoms with van der Waals surface area (Å²) in [5.74, 6) is 1.35. The number of anilines is 1. The fraction of sp³-hybridized carbons (Fsp3) is 0.176. The normalized spacial score (nSPS) is 12.4. The number of nitrogens with zero attached hydrogens (tertiary/aromatic N) is 5. The van der Waals surface area contributed by atoms with Gasteiger partial charge in [-0.3, -0.25) is 4.57 Å². The van der Waals surface area contributed by atoms with Crippen molar-refractivity contribution in [2.45, 2.75) is 19.9 Å². The van der Waals surface area contributed by atoms with Crippen molar-refractivity contribution in [1.29, 1.82) is 0 Å². The summed E-state index contributed by atoms with van der Waals surface area (Å²) < 4.78 is 1.96. The Morgan fingerprint density at radius 1 is 1.12 bits per heavy atom. The van der Waals surface area contributed by atoms with Crippen molar-refractivity contribution in [1.82, 2.24) is 24.5 Å². The molecule has 0 amide bonds. The van der Waals surface area contributed by atoms with Crippen LogP contribution in [0.15, 0.2) is 48.2 Å². The van der Waals surface area contributed by atoms with Crippen molar-refractivity contribution in [2.75, 3.05) is 5.32 Å². The van der Waals surface area contributed by atoms with Crippen molar-refractivity contribution < 1.29 is 0 Å². The molecule has 1 N–H and O–H groups in total. The zero-order valence-electron chi connectivity index (χ0n) is 13.3. The van der Waals surface area contributed by atoms with E-state index in [1.807, 2.05) is 41.8 Å². The van der Waals surface area contributed by atoms with Gasteiger partial charge in [0.1, 0.15) is 12.1 Å². The standard InChI is InChI=1S/C17H16N6S/c1-11(14-9-24-12(2)21-14)20-17-18-8-7-16(22-17)23-10-19-13-5-3-4-6-15(13)23/h3-11H,1-2H3,(H,18,20,22). The summed E-state index contributed by atoms with van der Waals surface area (Å²) in [6.07, 6.45) is 3.53. The Morgan fingerprint density at radius 2 is 2.00 bits per heavy atom. The van der Waals surface area contributed by atoms with Crippen molar-refractivity contribution in [2.24, 2.45) is 0 Å². The van der Waals surface area contributed by atoms with Crippen molar-refractivity contribution in [3.8, 4) is 5.82 Å². The van der Waals surface area contributed by atoms with Crippen LogP contribution in [0.5, 0.6) is 0 Å². The third kappa shape index (κ3) is 2.74. The van der Waals surface area contributed by atoms with Gasteiger partial charge in [-0.1, -0.05) is 12.1 Å². The van der Waals surface area contributed by atoms with Crippen LogP contribution in [0, 0.1) is 6.92 Å². The number of hydrogen-bond acceptors (Lipinski definition) is 6. The lowest BCUT2D eigenvalue weighted by Crippen LogP contribution is -2.11. The molecule has 7 heteroatoms. The van der Waals surface area contributed by atoms with Crippen LogP contribution in [0.1, 0.15) is 23.7 Å². The molecule has 24 heavy (non-hydrogen) atoms.